The third-order valence-electron chi connectivity index (χ3n) is 4.22. The number of amides is 2. The summed E-state index contributed by atoms with van der Waals surface area (Å²) in [6.45, 7) is 7.00. The molecule has 0 saturated heterocycles. The van der Waals surface area contributed by atoms with Gasteiger partial charge in [-0.05, 0) is 44.4 Å². The zero-order chi connectivity index (χ0) is 19.8. The van der Waals surface area contributed by atoms with Gasteiger partial charge in [-0.15, -0.1) is 11.3 Å². The molecule has 6 nitrogen and oxygen atoms in total. The maximum Gasteiger partial charge on any atom is 0.242 e. The number of methoxy groups -OCH3 is 1. The lowest BCUT2D eigenvalue weighted by Gasteiger charge is -2.29. The van der Waals surface area contributed by atoms with E-state index < -0.39 is 0 Å². The van der Waals surface area contributed by atoms with Crippen molar-refractivity contribution in [3.8, 4) is 0 Å². The molecule has 0 aromatic carbocycles. The van der Waals surface area contributed by atoms with E-state index in [9.17, 15) is 9.59 Å². The highest BCUT2D eigenvalue weighted by Crippen LogP contribution is 2.14. The summed E-state index contributed by atoms with van der Waals surface area (Å²) >= 11 is 1.55. The highest BCUT2D eigenvalue weighted by atomic mass is 32.1. The molecule has 0 bridgehead atoms. The number of carbonyl (C=O) groups is 2. The van der Waals surface area contributed by atoms with E-state index in [2.05, 4.69) is 0 Å². The first-order valence-electron chi connectivity index (χ1n) is 9.04. The van der Waals surface area contributed by atoms with E-state index in [4.69, 9.17) is 9.15 Å². The molecule has 0 radical (unpaired) electrons. The van der Waals surface area contributed by atoms with E-state index in [-0.39, 0.29) is 24.4 Å². The second-order valence-electron chi connectivity index (χ2n) is 6.69. The minimum Gasteiger partial charge on any atom is -0.464 e. The number of furan rings is 1. The Hall–Kier alpha value is -2.12. The van der Waals surface area contributed by atoms with E-state index in [0.29, 0.717) is 26.1 Å². The molecule has 7 heteroatoms. The summed E-state index contributed by atoms with van der Waals surface area (Å²) < 4.78 is 10.7. The van der Waals surface area contributed by atoms with Gasteiger partial charge in [0.15, 0.2) is 0 Å². The molecule has 148 valence electrons. The average molecular weight is 393 g/mol. The lowest BCUT2D eigenvalue weighted by atomic mass is 10.2. The quantitative estimate of drug-likeness (QED) is 0.623. The van der Waals surface area contributed by atoms with Crippen LogP contribution in [-0.4, -0.2) is 54.5 Å². The maximum atomic E-state index is 12.9. The van der Waals surface area contributed by atoms with Crippen LogP contribution in [0.1, 0.15) is 30.2 Å². The molecule has 0 spiro atoms. The van der Waals surface area contributed by atoms with Crippen molar-refractivity contribution in [2.24, 2.45) is 0 Å². The minimum absolute atomic E-state index is 0.0404. The normalized spacial score (nSPS) is 11.0. The first-order chi connectivity index (χ1) is 12.9. The van der Waals surface area contributed by atoms with Crippen LogP contribution in [0.3, 0.4) is 0 Å². The van der Waals surface area contributed by atoms with Gasteiger partial charge in [0, 0.05) is 24.6 Å². The van der Waals surface area contributed by atoms with Crippen LogP contribution < -0.4 is 0 Å². The van der Waals surface area contributed by atoms with Crippen molar-refractivity contribution in [1.82, 2.24) is 9.80 Å². The molecule has 0 unspecified atom stereocenters. The topological polar surface area (TPSA) is 63.0 Å². The zero-order valence-corrected chi connectivity index (χ0v) is 17.3. The largest absolute Gasteiger partial charge is 0.464 e. The van der Waals surface area contributed by atoms with Gasteiger partial charge in [0.2, 0.25) is 11.8 Å². The van der Waals surface area contributed by atoms with Crippen LogP contribution in [0.2, 0.25) is 0 Å². The van der Waals surface area contributed by atoms with Gasteiger partial charge in [-0.3, -0.25) is 9.59 Å². The van der Waals surface area contributed by atoms with Crippen molar-refractivity contribution in [1.29, 1.82) is 0 Å². The van der Waals surface area contributed by atoms with Gasteiger partial charge in [-0.2, -0.15) is 0 Å². The van der Waals surface area contributed by atoms with Crippen LogP contribution in [0.25, 0.3) is 0 Å². The number of hydrogen-bond donors (Lipinski definition) is 0. The summed E-state index contributed by atoms with van der Waals surface area (Å²) in [6, 6.07) is 7.55. The summed E-state index contributed by atoms with van der Waals surface area (Å²) in [5, 5.41) is 1.95. The number of thiophene rings is 1. The van der Waals surface area contributed by atoms with Crippen molar-refractivity contribution in [3.05, 3.63) is 46.0 Å². The fourth-order valence-electron chi connectivity index (χ4n) is 2.72. The smallest absolute Gasteiger partial charge is 0.242 e. The molecule has 2 rings (SSSR count). The van der Waals surface area contributed by atoms with Crippen molar-refractivity contribution in [2.75, 3.05) is 26.8 Å². The number of aryl methyl sites for hydroxylation is 1. The van der Waals surface area contributed by atoms with E-state index in [0.717, 1.165) is 16.4 Å². The molecule has 2 aromatic heterocycles. The third-order valence-corrected chi connectivity index (χ3v) is 5.09. The fraction of sp³-hybridized carbons (Fsp3) is 0.500. The number of rotatable bonds is 10. The standard InChI is InChI=1S/C20H28N2O4S/c1-15(2)22(19(23)12-18-6-5-11-27-18)14-20(24)21(9-10-25-4)13-17-8-7-16(3)26-17/h5-8,11,15H,9-10,12-14H2,1-4H3. The Balaban J connectivity index is 2.05. The molecule has 0 aliphatic rings. The van der Waals surface area contributed by atoms with Crippen molar-refractivity contribution in [3.63, 3.8) is 0 Å². The summed E-state index contributed by atoms with van der Waals surface area (Å²) in [5.41, 5.74) is 0. The second-order valence-corrected chi connectivity index (χ2v) is 7.72. The summed E-state index contributed by atoms with van der Waals surface area (Å²) in [4.78, 5) is 29.9. The first kappa shape index (κ1) is 21.2. The fourth-order valence-corrected chi connectivity index (χ4v) is 3.42. The van der Waals surface area contributed by atoms with Crippen LogP contribution in [-0.2, 0) is 27.3 Å². The molecule has 0 atom stereocenters. The molecular weight excluding hydrogens is 364 g/mol. The molecule has 2 aromatic rings. The Bertz CT molecular complexity index is 724. The molecular formula is C20H28N2O4S. The van der Waals surface area contributed by atoms with Crippen molar-refractivity contribution >= 4 is 23.2 Å². The van der Waals surface area contributed by atoms with Crippen molar-refractivity contribution < 1.29 is 18.7 Å². The van der Waals surface area contributed by atoms with Gasteiger partial charge in [0.1, 0.15) is 18.1 Å². The van der Waals surface area contributed by atoms with Gasteiger partial charge in [-0.25, -0.2) is 0 Å². The summed E-state index contributed by atoms with van der Waals surface area (Å²) in [6.07, 6.45) is 0.318. The van der Waals surface area contributed by atoms with Gasteiger partial charge in [0.25, 0.3) is 0 Å². The number of ether oxygens (including phenoxy) is 1. The first-order valence-corrected chi connectivity index (χ1v) is 9.92. The van der Waals surface area contributed by atoms with Gasteiger partial charge in [0.05, 0.1) is 19.6 Å². The highest BCUT2D eigenvalue weighted by Gasteiger charge is 2.24. The molecule has 0 aliphatic heterocycles. The van der Waals surface area contributed by atoms with E-state index in [1.807, 2.05) is 50.4 Å². The van der Waals surface area contributed by atoms with Gasteiger partial charge in [-0.1, -0.05) is 6.07 Å². The molecule has 0 N–H and O–H groups in total. The van der Waals surface area contributed by atoms with Crippen molar-refractivity contribution in [2.45, 2.75) is 39.8 Å². The molecule has 27 heavy (non-hydrogen) atoms. The molecule has 0 aliphatic carbocycles. The van der Waals surface area contributed by atoms with Crippen LogP contribution in [0.15, 0.2) is 34.1 Å². The Kier molecular flexibility index (Phi) is 8.06. The van der Waals surface area contributed by atoms with Crippen LogP contribution >= 0.6 is 11.3 Å². The second kappa shape index (κ2) is 10.3. The van der Waals surface area contributed by atoms with E-state index in [1.165, 1.54) is 0 Å². The summed E-state index contributed by atoms with van der Waals surface area (Å²) in [5.74, 6) is 1.37. The van der Waals surface area contributed by atoms with Gasteiger partial charge >= 0.3 is 0 Å². The summed E-state index contributed by atoms with van der Waals surface area (Å²) in [7, 11) is 1.60. The minimum atomic E-state index is -0.116. The molecule has 2 amide bonds. The lowest BCUT2D eigenvalue weighted by Crippen LogP contribution is -2.46. The Morgan fingerprint density at radius 2 is 2.00 bits per heavy atom. The number of carbonyl (C=O) groups excluding carboxylic acids is 2. The SMILES string of the molecule is COCCN(Cc1ccc(C)o1)C(=O)CN(C(=O)Cc1cccs1)C(C)C. The average Bonchev–Trinajstić information content (AvgIpc) is 3.27. The zero-order valence-electron chi connectivity index (χ0n) is 16.4. The maximum absolute atomic E-state index is 12.9. The third kappa shape index (κ3) is 6.52. The number of hydrogen-bond acceptors (Lipinski definition) is 5. The number of nitrogens with zero attached hydrogens (tertiary/aromatic N) is 2. The monoisotopic (exact) mass is 392 g/mol. The Morgan fingerprint density at radius 1 is 1.22 bits per heavy atom. The van der Waals surface area contributed by atoms with Crippen LogP contribution in [0.5, 0.6) is 0 Å². The predicted octanol–water partition coefficient (Wildman–Crippen LogP) is 3.10. The Labute approximate surface area is 164 Å². The Morgan fingerprint density at radius 3 is 2.56 bits per heavy atom. The van der Waals surface area contributed by atoms with Gasteiger partial charge < -0.3 is 19.0 Å². The van der Waals surface area contributed by atoms with E-state index >= 15 is 0 Å². The molecule has 2 heterocycles. The van der Waals surface area contributed by atoms with Crippen LogP contribution in [0.4, 0.5) is 0 Å². The van der Waals surface area contributed by atoms with Crippen LogP contribution in [0, 0.1) is 6.92 Å². The highest BCUT2D eigenvalue weighted by molar-refractivity contribution is 7.10. The van der Waals surface area contributed by atoms with E-state index in [1.54, 1.807) is 28.2 Å². The predicted molar refractivity (Wildman–Crippen MR) is 106 cm³/mol. The lowest BCUT2D eigenvalue weighted by molar-refractivity contribution is -0.142. The molecule has 0 fully saturated rings. The molecule has 0 saturated carbocycles.